The van der Waals surface area contributed by atoms with Crippen LogP contribution in [-0.2, 0) is 6.42 Å². The molecule has 0 saturated carbocycles. The summed E-state index contributed by atoms with van der Waals surface area (Å²) in [4.78, 5) is 24.0. The number of hydrogen-bond donors (Lipinski definition) is 0. The molecule has 4 aromatic heterocycles. The first-order valence-corrected chi connectivity index (χ1v) is 16.2. The first-order valence-electron chi connectivity index (χ1n) is 16.2. The molecule has 5 heteroatoms. The van der Waals surface area contributed by atoms with Gasteiger partial charge in [-0.15, -0.1) is 0 Å². The lowest BCUT2D eigenvalue weighted by molar-refractivity contribution is 1.01. The molecule has 5 heterocycles. The average molecular weight is 616 g/mol. The van der Waals surface area contributed by atoms with Crippen LogP contribution in [0.15, 0.2) is 157 Å². The summed E-state index contributed by atoms with van der Waals surface area (Å²) in [5, 5.41) is 2.24. The summed E-state index contributed by atoms with van der Waals surface area (Å²) in [6.07, 6.45) is 9.17. The normalized spacial score (nSPS) is 12.5. The molecule has 0 radical (unpaired) electrons. The van der Waals surface area contributed by atoms with Gasteiger partial charge in [-0.3, -0.25) is 19.9 Å². The fourth-order valence-electron chi connectivity index (χ4n) is 6.81. The summed E-state index contributed by atoms with van der Waals surface area (Å²) < 4.78 is 0. The minimum absolute atomic E-state index is 0.877. The highest BCUT2D eigenvalue weighted by Gasteiger charge is 2.20. The molecule has 0 fully saturated rings. The third-order valence-corrected chi connectivity index (χ3v) is 9.16. The number of benzene rings is 4. The third-order valence-electron chi connectivity index (χ3n) is 9.16. The number of aromatic nitrogens is 4. The van der Waals surface area contributed by atoms with Crippen LogP contribution in [-0.4, -0.2) is 25.6 Å². The Morgan fingerprint density at radius 1 is 0.458 bits per heavy atom. The van der Waals surface area contributed by atoms with Gasteiger partial charge in [-0.25, -0.2) is 4.98 Å². The second-order valence-corrected chi connectivity index (χ2v) is 12.1. The molecule has 0 aliphatic carbocycles. The maximum atomic E-state index is 5.32. The van der Waals surface area contributed by atoms with Gasteiger partial charge in [-0.1, -0.05) is 66.7 Å². The van der Waals surface area contributed by atoms with E-state index < -0.39 is 0 Å². The van der Waals surface area contributed by atoms with Crippen LogP contribution < -0.4 is 0 Å². The number of fused-ring (bicyclic) bond motifs is 4. The second kappa shape index (κ2) is 11.8. The molecule has 5 nitrogen and oxygen atoms in total. The van der Waals surface area contributed by atoms with Gasteiger partial charge in [-0.05, 0) is 101 Å². The first kappa shape index (κ1) is 27.9. The van der Waals surface area contributed by atoms with Crippen molar-refractivity contribution in [3.63, 3.8) is 0 Å². The van der Waals surface area contributed by atoms with E-state index in [1.165, 1.54) is 11.1 Å². The van der Waals surface area contributed by atoms with E-state index in [1.807, 2.05) is 61.2 Å². The maximum absolute atomic E-state index is 5.32. The molecule has 48 heavy (non-hydrogen) atoms. The minimum Gasteiger partial charge on any atom is -0.265 e. The number of hydrogen-bond acceptors (Lipinski definition) is 5. The van der Waals surface area contributed by atoms with Gasteiger partial charge in [0.15, 0.2) is 0 Å². The van der Waals surface area contributed by atoms with E-state index in [0.717, 1.165) is 90.8 Å². The van der Waals surface area contributed by atoms with Crippen LogP contribution in [0.2, 0.25) is 0 Å². The van der Waals surface area contributed by atoms with E-state index in [4.69, 9.17) is 9.98 Å². The van der Waals surface area contributed by atoms with Gasteiger partial charge in [0, 0.05) is 58.0 Å². The summed E-state index contributed by atoms with van der Waals surface area (Å²) in [5.41, 5.74) is 14.9. The molecule has 0 unspecified atom stereocenters. The molecule has 9 rings (SSSR count). The minimum atomic E-state index is 0.877. The Bertz CT molecular complexity index is 2420. The summed E-state index contributed by atoms with van der Waals surface area (Å²) in [6.45, 7) is 0. The van der Waals surface area contributed by atoms with Crippen molar-refractivity contribution >= 4 is 33.2 Å². The summed E-state index contributed by atoms with van der Waals surface area (Å²) in [7, 11) is 0. The summed E-state index contributed by atoms with van der Waals surface area (Å²) in [5.74, 6) is 0. The van der Waals surface area contributed by atoms with Gasteiger partial charge in [0.25, 0.3) is 0 Å². The Morgan fingerprint density at radius 3 is 1.83 bits per heavy atom. The van der Waals surface area contributed by atoms with Crippen LogP contribution in [0.1, 0.15) is 17.5 Å². The first-order chi connectivity index (χ1) is 23.8. The highest BCUT2D eigenvalue weighted by molar-refractivity contribution is 6.14. The van der Waals surface area contributed by atoms with Crippen LogP contribution in [0.4, 0.5) is 5.69 Å². The monoisotopic (exact) mass is 615 g/mol. The van der Waals surface area contributed by atoms with E-state index in [9.17, 15) is 0 Å². The number of aliphatic imine (C=N–C) groups is 1. The van der Waals surface area contributed by atoms with Crippen molar-refractivity contribution in [3.05, 3.63) is 163 Å². The summed E-state index contributed by atoms with van der Waals surface area (Å²) in [6, 6.07) is 44.4. The number of rotatable bonds is 5. The van der Waals surface area contributed by atoms with Crippen LogP contribution in [0.3, 0.4) is 0 Å². The van der Waals surface area contributed by atoms with Gasteiger partial charge < -0.3 is 0 Å². The van der Waals surface area contributed by atoms with Crippen molar-refractivity contribution in [2.75, 3.05) is 0 Å². The lowest BCUT2D eigenvalue weighted by atomic mass is 9.91. The molecule has 0 bridgehead atoms. The molecule has 0 atom stereocenters. The van der Waals surface area contributed by atoms with Gasteiger partial charge in [0.1, 0.15) is 0 Å². The molecule has 4 aromatic carbocycles. The van der Waals surface area contributed by atoms with Gasteiger partial charge in [0.2, 0.25) is 0 Å². The molecule has 0 spiro atoms. The molecule has 0 amide bonds. The zero-order valence-electron chi connectivity index (χ0n) is 26.1. The zero-order valence-corrected chi connectivity index (χ0v) is 26.1. The van der Waals surface area contributed by atoms with Crippen molar-refractivity contribution < 1.29 is 0 Å². The molecule has 226 valence electrons. The fraction of sp³-hybridized carbons (Fsp3) is 0.0465. The largest absolute Gasteiger partial charge is 0.265 e. The molecule has 0 saturated heterocycles. The highest BCUT2D eigenvalue weighted by atomic mass is 14.8. The number of para-hydroxylation sites is 1. The van der Waals surface area contributed by atoms with Crippen molar-refractivity contribution in [1.29, 1.82) is 0 Å². The predicted octanol–water partition coefficient (Wildman–Crippen LogP) is 10.3. The number of pyridine rings is 4. The quantitative estimate of drug-likeness (QED) is 0.181. The average Bonchev–Trinajstić information content (AvgIpc) is 3.17. The lowest BCUT2D eigenvalue weighted by Crippen LogP contribution is -2.08. The molecule has 0 N–H and O–H groups in total. The standard InChI is InChI=1S/C43H29N5/c1-2-10-40-35(7-1)41(30-19-23-44-24-20-30)36-17-15-31-16-18-39(47-42(31)43(36)48-40)29-13-11-28(12-14-29)32-25-33(37-8-3-5-21-45-37)27-34(26-32)38-9-4-6-22-46-38/h1-15,17,19-27H,16,18H2. The Labute approximate surface area is 278 Å². The maximum Gasteiger partial charge on any atom is 0.0975 e. The predicted molar refractivity (Wildman–Crippen MR) is 195 cm³/mol. The molecular weight excluding hydrogens is 587 g/mol. The van der Waals surface area contributed by atoms with Crippen LogP contribution >= 0.6 is 0 Å². The fourth-order valence-corrected chi connectivity index (χ4v) is 6.81. The second-order valence-electron chi connectivity index (χ2n) is 12.1. The molecular formula is C43H29N5. The Balaban J connectivity index is 1.13. The van der Waals surface area contributed by atoms with E-state index in [-0.39, 0.29) is 0 Å². The molecule has 8 aromatic rings. The Kier molecular flexibility index (Phi) is 6.86. The van der Waals surface area contributed by atoms with Gasteiger partial charge in [-0.2, -0.15) is 0 Å². The van der Waals surface area contributed by atoms with Gasteiger partial charge in [0.05, 0.1) is 28.1 Å². The van der Waals surface area contributed by atoms with E-state index in [2.05, 4.69) is 106 Å². The third kappa shape index (κ3) is 5.02. The van der Waals surface area contributed by atoms with Crippen molar-refractivity contribution in [1.82, 2.24) is 19.9 Å². The van der Waals surface area contributed by atoms with Crippen LogP contribution in [0.5, 0.6) is 0 Å². The van der Waals surface area contributed by atoms with Crippen molar-refractivity contribution in [3.8, 4) is 44.8 Å². The topological polar surface area (TPSA) is 63.9 Å². The number of nitrogens with zero attached hydrogens (tertiary/aromatic N) is 5. The Morgan fingerprint density at radius 2 is 1.12 bits per heavy atom. The SMILES string of the molecule is c1ccc(-c2cc(-c3ccc(C4=Nc5c(ccc6c(-c7ccncc7)c7ccccc7nc56)CC4)cc3)cc(-c3ccccn3)c2)nc1. The highest BCUT2D eigenvalue weighted by Crippen LogP contribution is 2.41. The van der Waals surface area contributed by atoms with Gasteiger partial charge >= 0.3 is 0 Å². The van der Waals surface area contributed by atoms with E-state index in [0.29, 0.717) is 0 Å². The smallest absolute Gasteiger partial charge is 0.0975 e. The lowest BCUT2D eigenvalue weighted by Gasteiger charge is -2.19. The van der Waals surface area contributed by atoms with Crippen LogP contribution in [0.25, 0.3) is 66.6 Å². The van der Waals surface area contributed by atoms with E-state index >= 15 is 0 Å². The zero-order chi connectivity index (χ0) is 31.9. The summed E-state index contributed by atoms with van der Waals surface area (Å²) >= 11 is 0. The van der Waals surface area contributed by atoms with Crippen molar-refractivity contribution in [2.45, 2.75) is 12.8 Å². The molecule has 1 aliphatic rings. The Hall–Kier alpha value is -6.33. The van der Waals surface area contributed by atoms with E-state index in [1.54, 1.807) is 0 Å². The van der Waals surface area contributed by atoms with Crippen molar-refractivity contribution in [2.24, 2.45) is 4.99 Å². The van der Waals surface area contributed by atoms with Crippen LogP contribution in [0, 0.1) is 0 Å². The number of aryl methyl sites for hydroxylation is 1. The molecule has 1 aliphatic heterocycles.